The van der Waals surface area contributed by atoms with Crippen molar-refractivity contribution in [1.29, 1.82) is 5.26 Å². The van der Waals surface area contributed by atoms with E-state index in [4.69, 9.17) is 0 Å². The molecular weight excluding hydrogens is 246 g/mol. The van der Waals surface area contributed by atoms with Crippen LogP contribution >= 0.6 is 0 Å². The SMILES string of the molecule is Cc1c(C#N)c2cc3c(cc2n1C)CN(C(C)(C)C)C3. The number of benzene rings is 1. The first-order valence-corrected chi connectivity index (χ1v) is 7.09. The lowest BCUT2D eigenvalue weighted by Crippen LogP contribution is -2.36. The van der Waals surface area contributed by atoms with Crippen LogP contribution in [0, 0.1) is 18.3 Å². The maximum Gasteiger partial charge on any atom is 0.102 e. The van der Waals surface area contributed by atoms with Gasteiger partial charge in [-0.1, -0.05) is 0 Å². The predicted molar refractivity (Wildman–Crippen MR) is 81.4 cm³/mol. The molecule has 2 aromatic rings. The molecule has 3 heteroatoms. The van der Waals surface area contributed by atoms with Crippen LogP contribution in [0.3, 0.4) is 0 Å². The highest BCUT2D eigenvalue weighted by molar-refractivity contribution is 5.89. The van der Waals surface area contributed by atoms with Crippen molar-refractivity contribution in [3.63, 3.8) is 0 Å². The molecule has 0 N–H and O–H groups in total. The highest BCUT2D eigenvalue weighted by atomic mass is 15.2. The first-order chi connectivity index (χ1) is 9.32. The van der Waals surface area contributed by atoms with E-state index in [9.17, 15) is 5.26 Å². The Hall–Kier alpha value is -1.79. The zero-order chi connectivity index (χ0) is 14.7. The minimum atomic E-state index is 0.180. The summed E-state index contributed by atoms with van der Waals surface area (Å²) in [6, 6.07) is 6.85. The summed E-state index contributed by atoms with van der Waals surface area (Å²) in [4.78, 5) is 2.48. The number of hydrogen-bond donors (Lipinski definition) is 0. The van der Waals surface area contributed by atoms with Crippen molar-refractivity contribution in [3.05, 3.63) is 34.5 Å². The van der Waals surface area contributed by atoms with Gasteiger partial charge >= 0.3 is 0 Å². The molecule has 1 aromatic carbocycles. The van der Waals surface area contributed by atoms with Gasteiger partial charge in [-0.3, -0.25) is 4.90 Å². The van der Waals surface area contributed by atoms with Crippen molar-refractivity contribution in [2.45, 2.75) is 46.3 Å². The van der Waals surface area contributed by atoms with E-state index in [0.29, 0.717) is 0 Å². The number of aromatic nitrogens is 1. The van der Waals surface area contributed by atoms with Crippen molar-refractivity contribution in [2.24, 2.45) is 7.05 Å². The first-order valence-electron chi connectivity index (χ1n) is 7.09. The van der Waals surface area contributed by atoms with Crippen LogP contribution < -0.4 is 0 Å². The van der Waals surface area contributed by atoms with Gasteiger partial charge in [0.15, 0.2) is 0 Å². The fourth-order valence-corrected chi connectivity index (χ4v) is 3.07. The lowest BCUT2D eigenvalue weighted by atomic mass is 10.1. The molecule has 0 aliphatic carbocycles. The van der Waals surface area contributed by atoms with E-state index in [1.54, 1.807) is 0 Å². The van der Waals surface area contributed by atoms with E-state index in [0.717, 1.165) is 29.7 Å². The minimum Gasteiger partial charge on any atom is -0.347 e. The summed E-state index contributed by atoms with van der Waals surface area (Å²) >= 11 is 0. The van der Waals surface area contributed by atoms with E-state index < -0.39 is 0 Å². The van der Waals surface area contributed by atoms with E-state index >= 15 is 0 Å². The van der Waals surface area contributed by atoms with Gasteiger partial charge in [0.05, 0.1) is 5.56 Å². The molecule has 0 radical (unpaired) electrons. The van der Waals surface area contributed by atoms with Crippen LogP contribution in [-0.2, 0) is 20.1 Å². The molecule has 1 aliphatic rings. The summed E-state index contributed by atoms with van der Waals surface area (Å²) in [5.74, 6) is 0. The maximum absolute atomic E-state index is 9.39. The average molecular weight is 267 g/mol. The Labute approximate surface area is 120 Å². The first kappa shape index (κ1) is 13.2. The quantitative estimate of drug-likeness (QED) is 0.732. The van der Waals surface area contributed by atoms with Crippen molar-refractivity contribution in [2.75, 3.05) is 0 Å². The van der Waals surface area contributed by atoms with E-state index in [2.05, 4.69) is 48.4 Å². The standard InChI is InChI=1S/C17H21N3/c1-11-15(8-18)14-6-12-9-20(17(2,3)4)10-13(12)7-16(14)19(11)5/h6-7H,9-10H2,1-5H3. The zero-order valence-electron chi connectivity index (χ0n) is 12.9. The number of nitrogens with zero attached hydrogens (tertiary/aromatic N) is 3. The second-order valence-electron chi connectivity index (χ2n) is 6.80. The molecular formula is C17H21N3. The zero-order valence-corrected chi connectivity index (χ0v) is 12.9. The summed E-state index contributed by atoms with van der Waals surface area (Å²) in [7, 11) is 2.04. The molecule has 0 atom stereocenters. The maximum atomic E-state index is 9.39. The molecule has 3 rings (SSSR count). The molecule has 0 unspecified atom stereocenters. The third-order valence-corrected chi connectivity index (χ3v) is 4.60. The molecule has 1 aromatic heterocycles. The molecule has 0 fully saturated rings. The number of hydrogen-bond acceptors (Lipinski definition) is 2. The Morgan fingerprint density at radius 1 is 1.15 bits per heavy atom. The molecule has 0 spiro atoms. The second kappa shape index (κ2) is 4.10. The average Bonchev–Trinajstić information content (AvgIpc) is 2.88. The fraction of sp³-hybridized carbons (Fsp3) is 0.471. The largest absolute Gasteiger partial charge is 0.347 e. The number of fused-ring (bicyclic) bond motifs is 2. The molecule has 0 saturated heterocycles. The van der Waals surface area contributed by atoms with Gasteiger partial charge < -0.3 is 4.57 Å². The van der Waals surface area contributed by atoms with E-state index in [1.165, 1.54) is 16.6 Å². The third-order valence-electron chi connectivity index (χ3n) is 4.60. The normalized spacial score (nSPS) is 15.6. The molecule has 0 bridgehead atoms. The number of aryl methyl sites for hydroxylation is 1. The highest BCUT2D eigenvalue weighted by Crippen LogP contribution is 2.34. The summed E-state index contributed by atoms with van der Waals surface area (Å²) in [5, 5.41) is 10.5. The van der Waals surface area contributed by atoms with E-state index in [-0.39, 0.29) is 5.54 Å². The fourth-order valence-electron chi connectivity index (χ4n) is 3.07. The van der Waals surface area contributed by atoms with E-state index in [1.807, 2.05) is 14.0 Å². The lowest BCUT2D eigenvalue weighted by Gasteiger charge is -2.31. The summed E-state index contributed by atoms with van der Waals surface area (Å²) in [5.41, 5.74) is 6.00. The Bertz CT molecular complexity index is 738. The second-order valence-corrected chi connectivity index (χ2v) is 6.80. The van der Waals surface area contributed by atoms with Crippen molar-refractivity contribution in [1.82, 2.24) is 9.47 Å². The van der Waals surface area contributed by atoms with Gasteiger partial charge in [-0.15, -0.1) is 0 Å². The summed E-state index contributed by atoms with van der Waals surface area (Å²) in [6.07, 6.45) is 0. The monoisotopic (exact) mass is 267 g/mol. The van der Waals surface area contributed by atoms with Gasteiger partial charge in [0.2, 0.25) is 0 Å². The van der Waals surface area contributed by atoms with Crippen molar-refractivity contribution in [3.8, 4) is 6.07 Å². The van der Waals surface area contributed by atoms with Crippen LogP contribution in [0.4, 0.5) is 0 Å². The number of rotatable bonds is 0. The van der Waals surface area contributed by atoms with Crippen LogP contribution in [0.5, 0.6) is 0 Å². The Balaban J connectivity index is 2.17. The molecule has 20 heavy (non-hydrogen) atoms. The Morgan fingerprint density at radius 3 is 2.30 bits per heavy atom. The topological polar surface area (TPSA) is 32.0 Å². The Morgan fingerprint density at radius 2 is 1.75 bits per heavy atom. The van der Waals surface area contributed by atoms with Crippen LogP contribution in [0.1, 0.15) is 43.2 Å². The molecule has 0 saturated carbocycles. The van der Waals surface area contributed by atoms with Crippen molar-refractivity contribution < 1.29 is 0 Å². The van der Waals surface area contributed by atoms with Gasteiger partial charge in [0.25, 0.3) is 0 Å². The van der Waals surface area contributed by atoms with Crippen LogP contribution in [0.25, 0.3) is 10.9 Å². The van der Waals surface area contributed by atoms with Crippen molar-refractivity contribution >= 4 is 10.9 Å². The molecule has 104 valence electrons. The van der Waals surface area contributed by atoms with Gasteiger partial charge in [0, 0.05) is 42.3 Å². The van der Waals surface area contributed by atoms with Gasteiger partial charge in [0.1, 0.15) is 6.07 Å². The van der Waals surface area contributed by atoms with Crippen LogP contribution in [-0.4, -0.2) is 15.0 Å². The summed E-state index contributed by atoms with van der Waals surface area (Å²) in [6.45, 7) is 10.8. The Kier molecular flexibility index (Phi) is 2.71. The van der Waals surface area contributed by atoms with Gasteiger partial charge in [-0.05, 0) is 51.0 Å². The highest BCUT2D eigenvalue weighted by Gasteiger charge is 2.29. The predicted octanol–water partition coefficient (Wildman–Crippen LogP) is 3.47. The molecule has 2 heterocycles. The van der Waals surface area contributed by atoms with Gasteiger partial charge in [-0.2, -0.15) is 5.26 Å². The number of nitriles is 1. The molecule has 3 nitrogen and oxygen atoms in total. The minimum absolute atomic E-state index is 0.180. The smallest absolute Gasteiger partial charge is 0.102 e. The van der Waals surface area contributed by atoms with Gasteiger partial charge in [-0.25, -0.2) is 0 Å². The molecule has 1 aliphatic heterocycles. The van der Waals surface area contributed by atoms with Crippen LogP contribution in [0.2, 0.25) is 0 Å². The molecule has 0 amide bonds. The third kappa shape index (κ3) is 1.76. The lowest BCUT2D eigenvalue weighted by molar-refractivity contribution is 0.136. The van der Waals surface area contributed by atoms with Crippen LogP contribution in [0.15, 0.2) is 12.1 Å². The summed E-state index contributed by atoms with van der Waals surface area (Å²) < 4.78 is 2.13.